The first kappa shape index (κ1) is 29.3. The third-order valence-electron chi connectivity index (χ3n) is 9.53. The van der Waals surface area contributed by atoms with Gasteiger partial charge in [0.25, 0.3) is 0 Å². The van der Waals surface area contributed by atoms with E-state index in [2.05, 4.69) is 146 Å². The van der Waals surface area contributed by atoms with Crippen molar-refractivity contribution in [3.05, 3.63) is 181 Å². The van der Waals surface area contributed by atoms with Crippen molar-refractivity contribution < 1.29 is 0 Å². The molecule has 0 aliphatic rings. The lowest BCUT2D eigenvalue weighted by atomic mass is 9.89. The molecule has 3 nitrogen and oxygen atoms in total. The van der Waals surface area contributed by atoms with Crippen LogP contribution in [0.5, 0.6) is 0 Å². The van der Waals surface area contributed by atoms with Crippen molar-refractivity contribution in [1.82, 2.24) is 9.97 Å². The van der Waals surface area contributed by atoms with Gasteiger partial charge in [-0.1, -0.05) is 152 Å². The van der Waals surface area contributed by atoms with Gasteiger partial charge >= 0.3 is 0 Å². The van der Waals surface area contributed by atoms with E-state index in [1.807, 2.05) is 36.4 Å². The molecule has 0 saturated carbocycles. The molecule has 0 spiro atoms. The molecular formula is C47H29N3. The minimum absolute atomic E-state index is 0.615. The van der Waals surface area contributed by atoms with Crippen LogP contribution in [0.25, 0.3) is 88.5 Å². The van der Waals surface area contributed by atoms with E-state index in [0.29, 0.717) is 11.4 Å². The number of aromatic nitrogens is 2. The zero-order chi connectivity index (χ0) is 33.4. The lowest BCUT2D eigenvalue weighted by Gasteiger charge is -2.15. The molecule has 0 unspecified atom stereocenters. The number of rotatable bonds is 5. The molecule has 0 N–H and O–H groups in total. The van der Waals surface area contributed by atoms with Gasteiger partial charge < -0.3 is 0 Å². The molecule has 0 bridgehead atoms. The van der Waals surface area contributed by atoms with Crippen molar-refractivity contribution in [2.45, 2.75) is 0 Å². The van der Waals surface area contributed by atoms with Crippen molar-refractivity contribution in [3.63, 3.8) is 0 Å². The highest BCUT2D eigenvalue weighted by molar-refractivity contribution is 6.20. The summed E-state index contributed by atoms with van der Waals surface area (Å²) in [5, 5.41) is 16.8. The molecule has 0 atom stereocenters. The second-order valence-corrected chi connectivity index (χ2v) is 12.5. The Labute approximate surface area is 290 Å². The minimum Gasteiger partial charge on any atom is -0.228 e. The van der Waals surface area contributed by atoms with E-state index in [0.717, 1.165) is 39.2 Å². The SMILES string of the molecule is N#Cc1ccc(-c2cc(-c3ccc(-c4ccccc4)cc3)nc(-c3ccc(-c4c5ccccc5cc5c4ccc4ccccc45)cc3)n2)cc1. The maximum atomic E-state index is 9.38. The summed E-state index contributed by atoms with van der Waals surface area (Å²) < 4.78 is 0. The molecular weight excluding hydrogens is 607 g/mol. The smallest absolute Gasteiger partial charge is 0.160 e. The lowest BCUT2D eigenvalue weighted by molar-refractivity contribution is 1.18. The Morgan fingerprint density at radius 3 is 1.60 bits per heavy atom. The normalized spacial score (nSPS) is 11.2. The number of nitrogens with zero attached hydrogens (tertiary/aromatic N) is 3. The Kier molecular flexibility index (Phi) is 7.19. The van der Waals surface area contributed by atoms with Crippen LogP contribution >= 0.6 is 0 Å². The van der Waals surface area contributed by atoms with Crippen LogP contribution in [0.15, 0.2) is 176 Å². The second-order valence-electron chi connectivity index (χ2n) is 12.5. The Morgan fingerprint density at radius 1 is 0.360 bits per heavy atom. The van der Waals surface area contributed by atoms with Crippen LogP contribution in [0.3, 0.4) is 0 Å². The van der Waals surface area contributed by atoms with E-state index in [1.54, 1.807) is 0 Å². The Morgan fingerprint density at radius 2 is 0.900 bits per heavy atom. The van der Waals surface area contributed by atoms with Crippen molar-refractivity contribution in [1.29, 1.82) is 5.26 Å². The summed E-state index contributed by atoms with van der Waals surface area (Å²) >= 11 is 0. The van der Waals surface area contributed by atoms with Gasteiger partial charge in [-0.25, -0.2) is 9.97 Å². The minimum atomic E-state index is 0.615. The molecule has 232 valence electrons. The van der Waals surface area contributed by atoms with Crippen LogP contribution in [0, 0.1) is 11.3 Å². The molecule has 8 aromatic carbocycles. The quantitative estimate of drug-likeness (QED) is 0.140. The van der Waals surface area contributed by atoms with Gasteiger partial charge in [-0.2, -0.15) is 5.26 Å². The van der Waals surface area contributed by atoms with Crippen molar-refractivity contribution in [3.8, 4) is 62.2 Å². The zero-order valence-corrected chi connectivity index (χ0v) is 27.1. The fraction of sp³-hybridized carbons (Fsp3) is 0. The third-order valence-corrected chi connectivity index (χ3v) is 9.53. The standard InChI is InChI=1S/C47H29N3/c48-30-31-14-16-35(17-15-31)44-29-45(36-20-18-33(19-21-36)32-8-2-1-3-9-32)50-47(49-44)38-24-22-37(23-25-38)46-41-13-7-5-11-39(41)28-43-40-12-6-4-10-34(40)26-27-42(43)46/h1-29H. The molecule has 0 aliphatic heterocycles. The maximum Gasteiger partial charge on any atom is 0.160 e. The average Bonchev–Trinajstić information content (AvgIpc) is 3.20. The van der Waals surface area contributed by atoms with Gasteiger partial charge in [0.2, 0.25) is 0 Å². The first-order chi connectivity index (χ1) is 24.7. The number of nitriles is 1. The molecule has 1 aromatic heterocycles. The molecule has 9 aromatic rings. The number of benzene rings is 8. The third kappa shape index (κ3) is 5.26. The van der Waals surface area contributed by atoms with E-state index >= 15 is 0 Å². The topological polar surface area (TPSA) is 49.6 Å². The van der Waals surface area contributed by atoms with Gasteiger partial charge in [0, 0.05) is 16.7 Å². The molecule has 0 saturated heterocycles. The van der Waals surface area contributed by atoms with E-state index in [4.69, 9.17) is 9.97 Å². The number of fused-ring (bicyclic) bond motifs is 4. The van der Waals surface area contributed by atoms with Gasteiger partial charge in [0.05, 0.1) is 23.0 Å². The summed E-state index contributed by atoms with van der Waals surface area (Å²) in [4.78, 5) is 10.2. The largest absolute Gasteiger partial charge is 0.228 e. The van der Waals surface area contributed by atoms with Crippen LogP contribution < -0.4 is 0 Å². The van der Waals surface area contributed by atoms with Crippen LogP contribution in [0.1, 0.15) is 5.56 Å². The summed E-state index contributed by atoms with van der Waals surface area (Å²) in [6.45, 7) is 0. The highest BCUT2D eigenvalue weighted by Crippen LogP contribution is 2.40. The van der Waals surface area contributed by atoms with Gasteiger partial charge in [0.15, 0.2) is 5.82 Å². The van der Waals surface area contributed by atoms with Crippen LogP contribution in [-0.2, 0) is 0 Å². The van der Waals surface area contributed by atoms with E-state index in [9.17, 15) is 5.26 Å². The Hall–Kier alpha value is -6.89. The van der Waals surface area contributed by atoms with Crippen LogP contribution in [0.2, 0.25) is 0 Å². The lowest BCUT2D eigenvalue weighted by Crippen LogP contribution is -1.96. The molecule has 0 radical (unpaired) electrons. The van der Waals surface area contributed by atoms with E-state index in [-0.39, 0.29) is 0 Å². The summed E-state index contributed by atoms with van der Waals surface area (Å²) in [7, 11) is 0. The predicted molar refractivity (Wildman–Crippen MR) is 206 cm³/mol. The number of hydrogen-bond donors (Lipinski definition) is 0. The molecule has 1 heterocycles. The summed E-state index contributed by atoms with van der Waals surface area (Å²) in [6, 6.07) is 63.4. The Bertz CT molecular complexity index is 2720. The summed E-state index contributed by atoms with van der Waals surface area (Å²) in [5.74, 6) is 0.648. The zero-order valence-electron chi connectivity index (χ0n) is 27.1. The van der Waals surface area contributed by atoms with Crippen LogP contribution in [-0.4, -0.2) is 9.97 Å². The van der Waals surface area contributed by atoms with Gasteiger partial charge in [0.1, 0.15) is 0 Å². The first-order valence-electron chi connectivity index (χ1n) is 16.7. The molecule has 9 rings (SSSR count). The molecule has 0 amide bonds. The molecule has 3 heteroatoms. The fourth-order valence-corrected chi connectivity index (χ4v) is 6.97. The molecule has 0 aliphatic carbocycles. The summed E-state index contributed by atoms with van der Waals surface area (Å²) in [5.41, 5.74) is 9.82. The predicted octanol–water partition coefficient (Wildman–Crippen LogP) is 12.1. The summed E-state index contributed by atoms with van der Waals surface area (Å²) in [6.07, 6.45) is 0. The Balaban J connectivity index is 1.17. The van der Waals surface area contributed by atoms with Crippen molar-refractivity contribution >= 4 is 32.3 Å². The van der Waals surface area contributed by atoms with Crippen LogP contribution in [0.4, 0.5) is 0 Å². The highest BCUT2D eigenvalue weighted by atomic mass is 14.9. The van der Waals surface area contributed by atoms with E-state index in [1.165, 1.54) is 43.4 Å². The second kappa shape index (κ2) is 12.3. The highest BCUT2D eigenvalue weighted by Gasteiger charge is 2.15. The van der Waals surface area contributed by atoms with E-state index < -0.39 is 0 Å². The number of hydrogen-bond acceptors (Lipinski definition) is 3. The van der Waals surface area contributed by atoms with Crippen molar-refractivity contribution in [2.75, 3.05) is 0 Å². The first-order valence-corrected chi connectivity index (χ1v) is 16.7. The van der Waals surface area contributed by atoms with Gasteiger partial charge in [-0.15, -0.1) is 0 Å². The monoisotopic (exact) mass is 635 g/mol. The van der Waals surface area contributed by atoms with Gasteiger partial charge in [-0.3, -0.25) is 0 Å². The van der Waals surface area contributed by atoms with Gasteiger partial charge in [-0.05, 0) is 78.8 Å². The maximum absolute atomic E-state index is 9.38. The average molecular weight is 636 g/mol. The fourth-order valence-electron chi connectivity index (χ4n) is 6.97. The molecule has 0 fully saturated rings. The van der Waals surface area contributed by atoms with Crippen molar-refractivity contribution in [2.24, 2.45) is 0 Å². The molecule has 50 heavy (non-hydrogen) atoms.